The number of rotatable bonds is 5. The van der Waals surface area contributed by atoms with E-state index < -0.39 is 11.7 Å². The number of nitrogens with one attached hydrogen (secondary N) is 1. The molecule has 1 saturated heterocycles. The van der Waals surface area contributed by atoms with Gasteiger partial charge in [-0.15, -0.1) is 0 Å². The molecule has 1 unspecified atom stereocenters. The van der Waals surface area contributed by atoms with Gasteiger partial charge in [0.1, 0.15) is 0 Å². The Morgan fingerprint density at radius 1 is 1.03 bits per heavy atom. The molecule has 0 spiro atoms. The van der Waals surface area contributed by atoms with Gasteiger partial charge in [0.05, 0.1) is 23.0 Å². The summed E-state index contributed by atoms with van der Waals surface area (Å²) in [5.74, 6) is -0.151. The Hall–Kier alpha value is -3.39. The molecule has 0 saturated carbocycles. The van der Waals surface area contributed by atoms with Crippen molar-refractivity contribution >= 4 is 40.3 Å². The molecule has 0 aliphatic carbocycles. The minimum atomic E-state index is -4.42. The molecule has 2 atom stereocenters. The third-order valence-corrected chi connectivity index (χ3v) is 6.55. The number of nitrogens with two attached hydrogens (primary N) is 2. The fourth-order valence-electron chi connectivity index (χ4n) is 4.56. The molecule has 1 aliphatic rings. The normalized spacial score (nSPS) is 18.3. The van der Waals surface area contributed by atoms with E-state index in [1.54, 1.807) is 6.07 Å². The van der Waals surface area contributed by atoms with Crippen LogP contribution in [0.4, 0.5) is 35.9 Å². The molecule has 35 heavy (non-hydrogen) atoms. The summed E-state index contributed by atoms with van der Waals surface area (Å²) in [4.78, 5) is 14.9. The molecule has 4 rings (SSSR count). The molecule has 1 amide bonds. The standard InChI is InChI=1S/C26H26ClF3N4O/c27-19-5-1-17(2-6-19)24-13-16(11-12-34(24)23-10-7-20(31)15-22(23)32)14-25(35)33-21-8-3-18(4-9-21)26(28,29)30/h1-10,15-16,24H,11-14,31-32H2,(H,33,35)/t16-,24?/m0/s1. The van der Waals surface area contributed by atoms with Crippen molar-refractivity contribution in [1.82, 2.24) is 0 Å². The summed E-state index contributed by atoms with van der Waals surface area (Å²) < 4.78 is 38.3. The van der Waals surface area contributed by atoms with Crippen LogP contribution in [-0.4, -0.2) is 12.5 Å². The smallest absolute Gasteiger partial charge is 0.399 e. The van der Waals surface area contributed by atoms with E-state index in [2.05, 4.69) is 10.2 Å². The van der Waals surface area contributed by atoms with Crippen LogP contribution in [-0.2, 0) is 11.0 Å². The van der Waals surface area contributed by atoms with Crippen molar-refractivity contribution in [1.29, 1.82) is 0 Å². The van der Waals surface area contributed by atoms with E-state index in [0.29, 0.717) is 35.1 Å². The molecule has 1 aliphatic heterocycles. The number of halogens is 4. The predicted molar refractivity (Wildman–Crippen MR) is 134 cm³/mol. The highest BCUT2D eigenvalue weighted by atomic mass is 35.5. The van der Waals surface area contributed by atoms with Crippen LogP contribution in [0.3, 0.4) is 0 Å². The molecule has 1 fully saturated rings. The fraction of sp³-hybridized carbons (Fsp3) is 0.269. The number of hydrogen-bond acceptors (Lipinski definition) is 4. The Morgan fingerprint density at radius 2 is 1.71 bits per heavy atom. The van der Waals surface area contributed by atoms with Gasteiger partial charge in [-0.05, 0) is 78.9 Å². The third kappa shape index (κ3) is 6.00. The second-order valence-electron chi connectivity index (χ2n) is 8.80. The Morgan fingerprint density at radius 3 is 2.34 bits per heavy atom. The van der Waals surface area contributed by atoms with Gasteiger partial charge in [-0.25, -0.2) is 0 Å². The van der Waals surface area contributed by atoms with Gasteiger partial charge in [0.15, 0.2) is 0 Å². The van der Waals surface area contributed by atoms with Crippen molar-refractivity contribution in [3.63, 3.8) is 0 Å². The summed E-state index contributed by atoms with van der Waals surface area (Å²) >= 11 is 6.09. The Bertz CT molecular complexity index is 1180. The van der Waals surface area contributed by atoms with E-state index in [9.17, 15) is 18.0 Å². The fourth-order valence-corrected chi connectivity index (χ4v) is 4.69. The summed E-state index contributed by atoms with van der Waals surface area (Å²) in [6, 6.07) is 17.5. The number of alkyl halides is 3. The predicted octanol–water partition coefficient (Wildman–Crippen LogP) is 6.51. The molecule has 0 aromatic heterocycles. The first-order chi connectivity index (χ1) is 16.6. The number of nitrogens with zero attached hydrogens (tertiary/aromatic N) is 1. The highest BCUT2D eigenvalue weighted by molar-refractivity contribution is 6.30. The highest BCUT2D eigenvalue weighted by Crippen LogP contribution is 2.41. The van der Waals surface area contributed by atoms with E-state index in [1.165, 1.54) is 12.1 Å². The van der Waals surface area contributed by atoms with Crippen LogP contribution in [0.25, 0.3) is 0 Å². The number of amides is 1. The number of carbonyl (C=O) groups excluding carboxylic acids is 1. The molecule has 184 valence electrons. The molecular formula is C26H26ClF3N4O. The second-order valence-corrected chi connectivity index (χ2v) is 9.23. The number of anilines is 4. The number of piperidine rings is 1. The largest absolute Gasteiger partial charge is 0.416 e. The molecule has 5 nitrogen and oxygen atoms in total. The minimum Gasteiger partial charge on any atom is -0.399 e. The number of carbonyl (C=O) groups is 1. The molecule has 0 radical (unpaired) electrons. The van der Waals surface area contributed by atoms with Gasteiger partial charge < -0.3 is 21.7 Å². The van der Waals surface area contributed by atoms with Crippen molar-refractivity contribution in [2.45, 2.75) is 31.5 Å². The molecular weight excluding hydrogens is 477 g/mol. The summed E-state index contributed by atoms with van der Waals surface area (Å²) in [7, 11) is 0. The average molecular weight is 503 g/mol. The van der Waals surface area contributed by atoms with E-state index in [1.807, 2.05) is 36.4 Å². The summed E-state index contributed by atoms with van der Waals surface area (Å²) in [5, 5.41) is 3.35. The maximum atomic E-state index is 12.8. The van der Waals surface area contributed by atoms with E-state index in [4.69, 9.17) is 23.1 Å². The molecule has 0 bridgehead atoms. The van der Waals surface area contributed by atoms with Crippen LogP contribution in [0, 0.1) is 5.92 Å². The van der Waals surface area contributed by atoms with Crippen LogP contribution >= 0.6 is 11.6 Å². The van der Waals surface area contributed by atoms with E-state index in [-0.39, 0.29) is 24.3 Å². The zero-order valence-electron chi connectivity index (χ0n) is 18.9. The Balaban J connectivity index is 1.48. The van der Waals surface area contributed by atoms with Crippen molar-refractivity contribution < 1.29 is 18.0 Å². The zero-order chi connectivity index (χ0) is 25.2. The van der Waals surface area contributed by atoms with Gasteiger partial charge in [0.25, 0.3) is 0 Å². The lowest BCUT2D eigenvalue weighted by Gasteiger charge is -2.42. The molecule has 3 aromatic carbocycles. The average Bonchev–Trinajstić information content (AvgIpc) is 2.80. The molecule has 3 aromatic rings. The van der Waals surface area contributed by atoms with Gasteiger partial charge in [-0.2, -0.15) is 13.2 Å². The quantitative estimate of drug-likeness (QED) is 0.347. The van der Waals surface area contributed by atoms with Crippen molar-refractivity contribution in [2.75, 3.05) is 28.2 Å². The first kappa shape index (κ1) is 24.7. The SMILES string of the molecule is Nc1ccc(N2CC[C@H](CC(=O)Nc3ccc(C(F)(F)F)cc3)CC2c2ccc(Cl)cc2)c(N)c1. The maximum absolute atomic E-state index is 12.8. The monoisotopic (exact) mass is 502 g/mol. The van der Waals surface area contributed by atoms with Gasteiger partial charge in [-0.1, -0.05) is 23.7 Å². The van der Waals surface area contributed by atoms with Crippen LogP contribution in [0.5, 0.6) is 0 Å². The first-order valence-corrected chi connectivity index (χ1v) is 11.6. The first-order valence-electron chi connectivity index (χ1n) is 11.2. The van der Waals surface area contributed by atoms with Crippen LogP contribution < -0.4 is 21.7 Å². The minimum absolute atomic E-state index is 0.0317. The third-order valence-electron chi connectivity index (χ3n) is 6.30. The topological polar surface area (TPSA) is 84.4 Å². The molecule has 9 heteroatoms. The Labute approximate surface area is 206 Å². The van der Waals surface area contributed by atoms with E-state index >= 15 is 0 Å². The number of hydrogen-bond donors (Lipinski definition) is 3. The van der Waals surface area contributed by atoms with Crippen LogP contribution in [0.2, 0.25) is 5.02 Å². The van der Waals surface area contributed by atoms with Crippen LogP contribution in [0.15, 0.2) is 66.7 Å². The van der Waals surface area contributed by atoms with E-state index in [0.717, 1.165) is 29.8 Å². The van der Waals surface area contributed by atoms with Crippen molar-refractivity contribution in [3.05, 3.63) is 82.9 Å². The highest BCUT2D eigenvalue weighted by Gasteiger charge is 2.32. The lowest BCUT2D eigenvalue weighted by Crippen LogP contribution is -2.38. The number of nitrogen functional groups attached to an aromatic ring is 2. The summed E-state index contributed by atoms with van der Waals surface area (Å²) in [5.41, 5.74) is 14.8. The summed E-state index contributed by atoms with van der Waals surface area (Å²) in [6.45, 7) is 0.680. The zero-order valence-corrected chi connectivity index (χ0v) is 19.6. The van der Waals surface area contributed by atoms with Crippen LogP contribution in [0.1, 0.15) is 36.4 Å². The number of benzene rings is 3. The summed E-state index contributed by atoms with van der Waals surface area (Å²) in [6.07, 6.45) is -2.70. The second kappa shape index (κ2) is 10.1. The lowest BCUT2D eigenvalue weighted by molar-refractivity contribution is -0.137. The molecule has 5 N–H and O–H groups in total. The van der Waals surface area contributed by atoms with Gasteiger partial charge >= 0.3 is 6.18 Å². The van der Waals surface area contributed by atoms with Gasteiger partial charge in [-0.3, -0.25) is 4.79 Å². The van der Waals surface area contributed by atoms with Gasteiger partial charge in [0, 0.05) is 29.4 Å². The molecule has 1 heterocycles. The lowest BCUT2D eigenvalue weighted by atomic mass is 9.84. The maximum Gasteiger partial charge on any atom is 0.416 e. The van der Waals surface area contributed by atoms with Crippen molar-refractivity contribution in [3.8, 4) is 0 Å². The Kier molecular flexibility index (Phi) is 7.12. The van der Waals surface area contributed by atoms with Crippen molar-refractivity contribution in [2.24, 2.45) is 5.92 Å². The van der Waals surface area contributed by atoms with Gasteiger partial charge in [0.2, 0.25) is 5.91 Å².